The molecule has 0 spiro atoms. The number of fused-ring (bicyclic) bond motifs is 1. The van der Waals surface area contributed by atoms with Gasteiger partial charge >= 0.3 is 5.97 Å². The largest absolute Gasteiger partial charge is 0.476 e. The van der Waals surface area contributed by atoms with Crippen LogP contribution in [-0.4, -0.2) is 26.0 Å². The first-order valence-corrected chi connectivity index (χ1v) is 7.75. The number of thiazole rings is 1. The van der Waals surface area contributed by atoms with Crippen LogP contribution in [0.2, 0.25) is 0 Å². The summed E-state index contributed by atoms with van der Waals surface area (Å²) in [6.45, 7) is 2.04. The normalized spacial score (nSPS) is 11.1. The van der Waals surface area contributed by atoms with Gasteiger partial charge in [-0.15, -0.1) is 11.3 Å². The number of carbonyl (C=O) groups is 1. The lowest BCUT2D eigenvalue weighted by Gasteiger charge is -1.93. The lowest BCUT2D eigenvalue weighted by Crippen LogP contribution is -1.95. The minimum atomic E-state index is -0.981. The molecule has 0 bridgehead atoms. The van der Waals surface area contributed by atoms with Crippen LogP contribution >= 0.6 is 23.1 Å². The summed E-state index contributed by atoms with van der Waals surface area (Å²) in [5.74, 6) is -0.381. The van der Waals surface area contributed by atoms with Gasteiger partial charge in [0.2, 0.25) is 5.01 Å². The van der Waals surface area contributed by atoms with Crippen LogP contribution in [0, 0.1) is 6.92 Å². The van der Waals surface area contributed by atoms with Gasteiger partial charge in [0.05, 0.1) is 16.7 Å². The third kappa shape index (κ3) is 2.68. The third-order valence-electron chi connectivity index (χ3n) is 2.71. The second-order valence-corrected chi connectivity index (χ2v) is 6.12. The Labute approximate surface area is 123 Å². The standard InChI is InChI=1S/C13H11N3O2S2/c1-7-2-3-9-10(4-7)16-13(15-9)20-6-8-5-19-11(14-8)12(17)18/h2-5H,6H2,1H3,(H,15,16)(H,17,18). The molecule has 0 radical (unpaired) electrons. The van der Waals surface area contributed by atoms with Crippen molar-refractivity contribution < 1.29 is 9.90 Å². The average molecular weight is 305 g/mol. The fourth-order valence-corrected chi connectivity index (χ4v) is 3.32. The lowest BCUT2D eigenvalue weighted by molar-refractivity contribution is 0.0696. The lowest BCUT2D eigenvalue weighted by atomic mass is 10.2. The van der Waals surface area contributed by atoms with Crippen LogP contribution in [0.15, 0.2) is 28.7 Å². The topological polar surface area (TPSA) is 78.9 Å². The first kappa shape index (κ1) is 13.1. The molecule has 3 rings (SSSR count). The van der Waals surface area contributed by atoms with Gasteiger partial charge in [-0.25, -0.2) is 14.8 Å². The molecule has 0 saturated carbocycles. The SMILES string of the molecule is Cc1ccc2nc(SCc3csc(C(=O)O)n3)[nH]c2c1. The molecule has 1 aromatic carbocycles. The van der Waals surface area contributed by atoms with E-state index in [0.717, 1.165) is 33.2 Å². The van der Waals surface area contributed by atoms with Crippen molar-refractivity contribution in [3.8, 4) is 0 Å². The molecule has 0 aliphatic rings. The molecule has 7 heteroatoms. The molecular weight excluding hydrogens is 294 g/mol. The minimum absolute atomic E-state index is 0.126. The predicted octanol–water partition coefficient (Wildman–Crippen LogP) is 3.32. The molecule has 2 aromatic heterocycles. The number of benzene rings is 1. The molecular formula is C13H11N3O2S2. The first-order chi connectivity index (χ1) is 9.61. The highest BCUT2D eigenvalue weighted by atomic mass is 32.2. The smallest absolute Gasteiger partial charge is 0.365 e. The number of aryl methyl sites for hydroxylation is 1. The van der Waals surface area contributed by atoms with Crippen molar-refractivity contribution in [1.82, 2.24) is 15.0 Å². The van der Waals surface area contributed by atoms with Crippen molar-refractivity contribution in [2.24, 2.45) is 0 Å². The van der Waals surface area contributed by atoms with E-state index in [0.29, 0.717) is 5.75 Å². The predicted molar refractivity (Wildman–Crippen MR) is 79.5 cm³/mol. The number of hydrogen-bond donors (Lipinski definition) is 2. The molecule has 0 saturated heterocycles. The molecule has 0 amide bonds. The van der Waals surface area contributed by atoms with Crippen LogP contribution in [0.25, 0.3) is 11.0 Å². The van der Waals surface area contributed by atoms with Gasteiger partial charge in [0, 0.05) is 11.1 Å². The van der Waals surface area contributed by atoms with Crippen molar-refractivity contribution in [1.29, 1.82) is 0 Å². The summed E-state index contributed by atoms with van der Waals surface area (Å²) in [6, 6.07) is 6.06. The summed E-state index contributed by atoms with van der Waals surface area (Å²) in [5.41, 5.74) is 3.89. The number of imidazole rings is 1. The van der Waals surface area contributed by atoms with E-state index in [1.165, 1.54) is 17.3 Å². The zero-order valence-electron chi connectivity index (χ0n) is 10.6. The van der Waals surface area contributed by atoms with Crippen molar-refractivity contribution in [3.63, 3.8) is 0 Å². The molecule has 0 fully saturated rings. The van der Waals surface area contributed by atoms with Gasteiger partial charge in [-0.1, -0.05) is 17.8 Å². The minimum Gasteiger partial charge on any atom is -0.476 e. The maximum absolute atomic E-state index is 10.8. The van der Waals surface area contributed by atoms with E-state index in [4.69, 9.17) is 5.11 Å². The summed E-state index contributed by atoms with van der Waals surface area (Å²) in [5, 5.41) is 11.5. The number of nitrogens with zero attached hydrogens (tertiary/aromatic N) is 2. The number of aromatic amines is 1. The van der Waals surface area contributed by atoms with Gasteiger partial charge in [0.25, 0.3) is 0 Å². The van der Waals surface area contributed by atoms with Crippen molar-refractivity contribution in [2.45, 2.75) is 17.8 Å². The van der Waals surface area contributed by atoms with Gasteiger partial charge in [-0.3, -0.25) is 0 Å². The molecule has 0 unspecified atom stereocenters. The summed E-state index contributed by atoms with van der Waals surface area (Å²) < 4.78 is 0. The van der Waals surface area contributed by atoms with E-state index in [2.05, 4.69) is 21.0 Å². The van der Waals surface area contributed by atoms with Crippen molar-refractivity contribution >= 4 is 40.1 Å². The van der Waals surface area contributed by atoms with E-state index in [-0.39, 0.29) is 5.01 Å². The number of nitrogens with one attached hydrogen (secondary N) is 1. The summed E-state index contributed by atoms with van der Waals surface area (Å²) in [4.78, 5) is 22.5. The molecule has 5 nitrogen and oxygen atoms in total. The van der Waals surface area contributed by atoms with Gasteiger partial charge in [0.1, 0.15) is 0 Å². The highest BCUT2D eigenvalue weighted by Crippen LogP contribution is 2.24. The van der Waals surface area contributed by atoms with Gasteiger partial charge in [-0.2, -0.15) is 0 Å². The molecule has 0 aliphatic carbocycles. The van der Waals surface area contributed by atoms with E-state index >= 15 is 0 Å². The first-order valence-electron chi connectivity index (χ1n) is 5.89. The highest BCUT2D eigenvalue weighted by molar-refractivity contribution is 7.98. The number of thioether (sulfide) groups is 1. The number of H-pyrrole nitrogens is 1. The number of hydrogen-bond acceptors (Lipinski definition) is 5. The van der Waals surface area contributed by atoms with Crippen LogP contribution in [0.4, 0.5) is 0 Å². The Morgan fingerprint density at radius 2 is 2.30 bits per heavy atom. The summed E-state index contributed by atoms with van der Waals surface area (Å²) in [6.07, 6.45) is 0. The van der Waals surface area contributed by atoms with Gasteiger partial charge in [-0.05, 0) is 24.6 Å². The maximum atomic E-state index is 10.8. The zero-order chi connectivity index (χ0) is 14.1. The zero-order valence-corrected chi connectivity index (χ0v) is 12.2. The number of aromatic carboxylic acids is 1. The second kappa shape index (κ2) is 5.26. The Morgan fingerprint density at radius 1 is 1.45 bits per heavy atom. The van der Waals surface area contributed by atoms with E-state index < -0.39 is 5.97 Å². The molecule has 0 aliphatic heterocycles. The third-order valence-corrected chi connectivity index (χ3v) is 4.49. The van der Waals surface area contributed by atoms with E-state index in [9.17, 15) is 4.79 Å². The van der Waals surface area contributed by atoms with E-state index in [1.807, 2.05) is 19.1 Å². The quantitative estimate of drug-likeness (QED) is 0.723. The number of rotatable bonds is 4. The Bertz CT molecular complexity index is 779. The van der Waals surface area contributed by atoms with Crippen molar-refractivity contribution in [3.05, 3.63) is 39.8 Å². The number of aromatic nitrogens is 3. The van der Waals surface area contributed by atoms with Crippen LogP contribution in [0.3, 0.4) is 0 Å². The van der Waals surface area contributed by atoms with Crippen LogP contribution < -0.4 is 0 Å². The van der Waals surface area contributed by atoms with Crippen LogP contribution in [0.5, 0.6) is 0 Å². The fraction of sp³-hybridized carbons (Fsp3) is 0.154. The molecule has 2 heterocycles. The molecule has 102 valence electrons. The highest BCUT2D eigenvalue weighted by Gasteiger charge is 2.10. The van der Waals surface area contributed by atoms with Gasteiger partial charge < -0.3 is 10.1 Å². The molecule has 2 N–H and O–H groups in total. The van der Waals surface area contributed by atoms with Crippen LogP contribution in [0.1, 0.15) is 21.1 Å². The summed E-state index contributed by atoms with van der Waals surface area (Å²) in [7, 11) is 0. The van der Waals surface area contributed by atoms with Crippen molar-refractivity contribution in [2.75, 3.05) is 0 Å². The van der Waals surface area contributed by atoms with E-state index in [1.54, 1.807) is 5.38 Å². The Balaban J connectivity index is 1.74. The summed E-state index contributed by atoms with van der Waals surface area (Å²) >= 11 is 2.66. The number of carboxylic acids is 1. The molecule has 20 heavy (non-hydrogen) atoms. The fourth-order valence-electron chi connectivity index (χ4n) is 1.78. The van der Waals surface area contributed by atoms with Gasteiger partial charge in [0.15, 0.2) is 5.16 Å². The average Bonchev–Trinajstić information content (AvgIpc) is 3.01. The second-order valence-electron chi connectivity index (χ2n) is 4.30. The Morgan fingerprint density at radius 3 is 3.05 bits per heavy atom. The maximum Gasteiger partial charge on any atom is 0.365 e. The number of carboxylic acid groups (broad SMARTS) is 1. The monoisotopic (exact) mass is 305 g/mol. The Hall–Kier alpha value is -1.86. The molecule has 3 aromatic rings. The Kier molecular flexibility index (Phi) is 3.45. The van der Waals surface area contributed by atoms with Crippen LogP contribution in [-0.2, 0) is 5.75 Å². The molecule has 0 atom stereocenters.